The van der Waals surface area contributed by atoms with Gasteiger partial charge in [0.05, 0.1) is 11.0 Å². The summed E-state index contributed by atoms with van der Waals surface area (Å²) in [5, 5.41) is 2.50. The van der Waals surface area contributed by atoms with Crippen LogP contribution in [-0.2, 0) is 0 Å². The lowest BCUT2D eigenvalue weighted by molar-refractivity contribution is 1.01. The fourth-order valence-electron chi connectivity index (χ4n) is 7.56. The lowest BCUT2D eigenvalue weighted by Crippen LogP contribution is -2.00. The number of fused-ring (bicyclic) bond motifs is 3. The van der Waals surface area contributed by atoms with Crippen molar-refractivity contribution in [2.24, 2.45) is 4.99 Å². The lowest BCUT2D eigenvalue weighted by atomic mass is 9.97. The van der Waals surface area contributed by atoms with Crippen molar-refractivity contribution in [1.82, 2.24) is 19.5 Å². The number of rotatable bonds is 7. The zero-order valence-corrected chi connectivity index (χ0v) is 30.0. The second-order valence-electron chi connectivity index (χ2n) is 13.8. The Balaban J connectivity index is 0.992. The van der Waals surface area contributed by atoms with Gasteiger partial charge in [-0.3, -0.25) is 4.99 Å². The van der Waals surface area contributed by atoms with Crippen molar-refractivity contribution in [1.29, 1.82) is 0 Å². The van der Waals surface area contributed by atoms with Crippen molar-refractivity contribution in [3.05, 3.63) is 188 Å². The number of hydrogen-bond donors (Lipinski definition) is 0. The number of para-hydroxylation sites is 2. The standard InChI is InChI=1S/C50H35N5/c1-3-11-36(12-4-1)48-52-49(54-50(53-48)38-26-22-35(23-27-38)42-15-10-30-51-33-42)37-24-20-34(21-25-37)39-13-9-14-40(31-39)41-28-29-45-44-18-7-8-19-46(44)55(47(45)32-41)43-16-5-2-6-17-43/h1-9,11-29,31-33H,10,30H2. The highest BCUT2D eigenvalue weighted by Crippen LogP contribution is 2.36. The third kappa shape index (κ3) is 6.22. The summed E-state index contributed by atoms with van der Waals surface area (Å²) < 4.78 is 2.37. The fourth-order valence-corrected chi connectivity index (χ4v) is 7.56. The predicted molar refractivity (Wildman–Crippen MR) is 227 cm³/mol. The highest BCUT2D eigenvalue weighted by molar-refractivity contribution is 6.11. The average Bonchev–Trinajstić information content (AvgIpc) is 3.61. The van der Waals surface area contributed by atoms with Crippen molar-refractivity contribution >= 4 is 33.6 Å². The third-order valence-electron chi connectivity index (χ3n) is 10.4. The fraction of sp³-hybridized carbons (Fsp3) is 0.0400. The van der Waals surface area contributed by atoms with Crippen LogP contribution in [0.5, 0.6) is 0 Å². The number of nitrogens with zero attached hydrogens (tertiary/aromatic N) is 5. The summed E-state index contributed by atoms with van der Waals surface area (Å²) in [6.07, 6.45) is 5.16. The van der Waals surface area contributed by atoms with Gasteiger partial charge in [0.15, 0.2) is 17.5 Å². The Hall–Kier alpha value is -7.24. The molecular weight excluding hydrogens is 671 g/mol. The first-order chi connectivity index (χ1) is 27.2. The number of aromatic nitrogens is 4. The van der Waals surface area contributed by atoms with Crippen LogP contribution in [0.1, 0.15) is 12.0 Å². The van der Waals surface area contributed by atoms with E-state index < -0.39 is 0 Å². The maximum absolute atomic E-state index is 5.00. The molecule has 0 saturated heterocycles. The molecule has 1 aliphatic heterocycles. The molecule has 7 aromatic carbocycles. The van der Waals surface area contributed by atoms with Crippen LogP contribution in [0.25, 0.3) is 89.5 Å². The van der Waals surface area contributed by atoms with Gasteiger partial charge in [-0.2, -0.15) is 0 Å². The van der Waals surface area contributed by atoms with Crippen LogP contribution in [0.2, 0.25) is 0 Å². The van der Waals surface area contributed by atoms with Crippen molar-refractivity contribution in [3.8, 4) is 62.1 Å². The molecule has 0 radical (unpaired) electrons. The Morgan fingerprint density at radius 3 is 1.56 bits per heavy atom. The number of allylic oxidation sites excluding steroid dienone is 1. The molecule has 5 heteroatoms. The van der Waals surface area contributed by atoms with Gasteiger partial charge < -0.3 is 4.57 Å². The first-order valence-electron chi connectivity index (χ1n) is 18.7. The summed E-state index contributed by atoms with van der Waals surface area (Å²) in [5.41, 5.74) is 13.3. The summed E-state index contributed by atoms with van der Waals surface area (Å²) >= 11 is 0. The van der Waals surface area contributed by atoms with E-state index in [1.165, 1.54) is 32.9 Å². The van der Waals surface area contributed by atoms with Crippen LogP contribution < -0.4 is 0 Å². The van der Waals surface area contributed by atoms with Crippen molar-refractivity contribution in [2.75, 3.05) is 6.54 Å². The minimum absolute atomic E-state index is 0.637. The molecule has 1 aliphatic rings. The van der Waals surface area contributed by atoms with E-state index >= 15 is 0 Å². The van der Waals surface area contributed by atoms with Gasteiger partial charge in [0.1, 0.15) is 0 Å². The minimum atomic E-state index is 0.637. The van der Waals surface area contributed by atoms with Gasteiger partial charge in [0, 0.05) is 45.9 Å². The number of hydrogen-bond acceptors (Lipinski definition) is 4. The molecule has 3 heterocycles. The van der Waals surface area contributed by atoms with Gasteiger partial charge in [-0.15, -0.1) is 0 Å². The first kappa shape index (κ1) is 32.4. The van der Waals surface area contributed by atoms with Gasteiger partial charge in [0.2, 0.25) is 0 Å². The molecule has 0 bridgehead atoms. The molecular formula is C50H35N5. The topological polar surface area (TPSA) is 56.0 Å². The Bertz CT molecular complexity index is 2890. The monoisotopic (exact) mass is 705 g/mol. The smallest absolute Gasteiger partial charge is 0.164 e. The Labute approximate surface area is 319 Å². The lowest BCUT2D eigenvalue weighted by Gasteiger charge is -2.11. The first-order valence-corrected chi connectivity index (χ1v) is 18.7. The molecule has 0 unspecified atom stereocenters. The molecule has 55 heavy (non-hydrogen) atoms. The highest BCUT2D eigenvalue weighted by atomic mass is 15.0. The highest BCUT2D eigenvalue weighted by Gasteiger charge is 2.15. The molecule has 10 rings (SSSR count). The largest absolute Gasteiger partial charge is 0.309 e. The normalized spacial score (nSPS) is 12.6. The maximum atomic E-state index is 5.00. The zero-order valence-electron chi connectivity index (χ0n) is 30.0. The molecule has 0 saturated carbocycles. The predicted octanol–water partition coefficient (Wildman–Crippen LogP) is 12.2. The van der Waals surface area contributed by atoms with Gasteiger partial charge >= 0.3 is 0 Å². The summed E-state index contributed by atoms with van der Waals surface area (Å²) in [4.78, 5) is 19.4. The van der Waals surface area contributed by atoms with E-state index in [1.54, 1.807) is 0 Å². The Morgan fingerprint density at radius 1 is 0.382 bits per heavy atom. The van der Waals surface area contributed by atoms with E-state index in [-0.39, 0.29) is 0 Å². The van der Waals surface area contributed by atoms with Crippen LogP contribution in [0.4, 0.5) is 0 Å². The molecule has 5 nitrogen and oxygen atoms in total. The van der Waals surface area contributed by atoms with E-state index in [0.717, 1.165) is 57.6 Å². The van der Waals surface area contributed by atoms with Crippen molar-refractivity contribution < 1.29 is 0 Å². The van der Waals surface area contributed by atoms with E-state index in [0.29, 0.717) is 17.5 Å². The van der Waals surface area contributed by atoms with Crippen LogP contribution in [0.15, 0.2) is 187 Å². The van der Waals surface area contributed by atoms with Gasteiger partial charge in [-0.1, -0.05) is 152 Å². The van der Waals surface area contributed by atoms with E-state index in [4.69, 9.17) is 15.0 Å². The number of aliphatic imine (C=N–C) groups is 1. The van der Waals surface area contributed by atoms with Gasteiger partial charge in [-0.05, 0) is 70.1 Å². The van der Waals surface area contributed by atoms with E-state index in [1.807, 2.05) is 36.5 Å². The second-order valence-corrected chi connectivity index (χ2v) is 13.8. The van der Waals surface area contributed by atoms with Crippen molar-refractivity contribution in [3.63, 3.8) is 0 Å². The molecule has 0 atom stereocenters. The zero-order chi connectivity index (χ0) is 36.6. The van der Waals surface area contributed by atoms with Gasteiger partial charge in [0.25, 0.3) is 0 Å². The van der Waals surface area contributed by atoms with E-state index in [2.05, 4.69) is 161 Å². The Morgan fingerprint density at radius 2 is 0.891 bits per heavy atom. The molecule has 2 aromatic heterocycles. The second kappa shape index (κ2) is 14.0. The molecule has 0 fully saturated rings. The maximum Gasteiger partial charge on any atom is 0.164 e. The summed E-state index contributed by atoms with van der Waals surface area (Å²) in [6, 6.07) is 61.9. The minimum Gasteiger partial charge on any atom is -0.309 e. The quantitative estimate of drug-likeness (QED) is 0.166. The number of dihydropyridines is 1. The summed E-state index contributed by atoms with van der Waals surface area (Å²) in [6.45, 7) is 0.852. The van der Waals surface area contributed by atoms with E-state index in [9.17, 15) is 0 Å². The molecule has 0 spiro atoms. The van der Waals surface area contributed by atoms with Crippen molar-refractivity contribution in [2.45, 2.75) is 6.42 Å². The summed E-state index contributed by atoms with van der Waals surface area (Å²) in [5.74, 6) is 1.92. The molecule has 0 N–H and O–H groups in total. The molecule has 0 amide bonds. The van der Waals surface area contributed by atoms with Crippen LogP contribution in [-0.4, -0.2) is 32.3 Å². The average molecular weight is 706 g/mol. The molecule has 0 aliphatic carbocycles. The Kier molecular flexibility index (Phi) is 8.23. The van der Waals surface area contributed by atoms with Crippen LogP contribution in [0, 0.1) is 0 Å². The van der Waals surface area contributed by atoms with Crippen LogP contribution >= 0.6 is 0 Å². The molecule has 260 valence electrons. The SMILES string of the molecule is C1=NCCC=C1c1ccc(-c2nc(-c3ccccc3)nc(-c3ccc(-c4cccc(-c5ccc6c7ccccc7n(-c7ccccc7)c6c5)c4)cc3)n2)cc1. The number of benzene rings is 7. The summed E-state index contributed by atoms with van der Waals surface area (Å²) in [7, 11) is 0. The van der Waals surface area contributed by atoms with Crippen LogP contribution in [0.3, 0.4) is 0 Å². The van der Waals surface area contributed by atoms with Gasteiger partial charge in [-0.25, -0.2) is 15.0 Å². The third-order valence-corrected chi connectivity index (χ3v) is 10.4. The molecule has 9 aromatic rings.